The highest BCUT2D eigenvalue weighted by atomic mass is 16.5. The molecule has 0 aromatic heterocycles. The van der Waals surface area contributed by atoms with Crippen LogP contribution in [0.5, 0.6) is 0 Å². The fourth-order valence-electron chi connectivity index (χ4n) is 2.01. The van der Waals surface area contributed by atoms with Crippen molar-refractivity contribution in [2.75, 3.05) is 32.8 Å². The van der Waals surface area contributed by atoms with Gasteiger partial charge in [0.25, 0.3) is 0 Å². The van der Waals surface area contributed by atoms with Crippen molar-refractivity contribution in [2.45, 2.75) is 25.7 Å². The molecule has 0 spiro atoms. The molecular weight excluding hydrogens is 190 g/mol. The van der Waals surface area contributed by atoms with Crippen molar-refractivity contribution in [1.82, 2.24) is 10.6 Å². The van der Waals surface area contributed by atoms with E-state index in [2.05, 4.69) is 15.6 Å². The summed E-state index contributed by atoms with van der Waals surface area (Å²) in [6, 6.07) is 0. The first-order valence-corrected chi connectivity index (χ1v) is 6.05. The van der Waals surface area contributed by atoms with Crippen LogP contribution in [-0.2, 0) is 4.74 Å². The van der Waals surface area contributed by atoms with Crippen molar-refractivity contribution < 1.29 is 4.74 Å². The van der Waals surface area contributed by atoms with Gasteiger partial charge in [-0.2, -0.15) is 0 Å². The minimum absolute atomic E-state index is 0.754. The summed E-state index contributed by atoms with van der Waals surface area (Å²) in [5.41, 5.74) is 0. The number of aliphatic imine (C=N–C) groups is 1. The first-order chi connectivity index (χ1) is 7.45. The molecule has 4 nitrogen and oxygen atoms in total. The van der Waals surface area contributed by atoms with Gasteiger partial charge in [0, 0.05) is 32.8 Å². The van der Waals surface area contributed by atoms with Gasteiger partial charge in [-0.05, 0) is 31.6 Å². The van der Waals surface area contributed by atoms with E-state index in [1.807, 2.05) is 0 Å². The molecule has 0 unspecified atom stereocenters. The number of ether oxygens (including phenoxy) is 1. The summed E-state index contributed by atoms with van der Waals surface area (Å²) in [6.07, 6.45) is 4.85. The zero-order chi connectivity index (χ0) is 10.3. The molecule has 4 heteroatoms. The van der Waals surface area contributed by atoms with Crippen LogP contribution < -0.4 is 10.6 Å². The standard InChI is InChI=1S/C11H21N3O/c1-2-6-13-11(12-5-1)14-7-3-10-4-8-15-9-10/h10H,1-9H2,(H2,12,13,14)/t10-/m0/s1. The number of nitrogens with zero attached hydrogens (tertiary/aromatic N) is 1. The maximum Gasteiger partial charge on any atom is 0.191 e. The zero-order valence-corrected chi connectivity index (χ0v) is 9.30. The van der Waals surface area contributed by atoms with Crippen LogP contribution in [0.15, 0.2) is 4.99 Å². The highest BCUT2D eigenvalue weighted by Crippen LogP contribution is 2.15. The van der Waals surface area contributed by atoms with Crippen LogP contribution in [0.1, 0.15) is 25.7 Å². The first kappa shape index (κ1) is 10.7. The topological polar surface area (TPSA) is 45.6 Å². The molecule has 0 amide bonds. The number of hydrogen-bond donors (Lipinski definition) is 2. The second-order valence-electron chi connectivity index (χ2n) is 4.31. The summed E-state index contributed by atoms with van der Waals surface area (Å²) in [7, 11) is 0. The highest BCUT2D eigenvalue weighted by Gasteiger charge is 2.15. The lowest BCUT2D eigenvalue weighted by molar-refractivity contribution is 0.184. The maximum absolute atomic E-state index is 5.35. The first-order valence-electron chi connectivity index (χ1n) is 6.05. The number of rotatable bonds is 3. The molecule has 86 valence electrons. The molecule has 0 aliphatic carbocycles. The number of guanidine groups is 1. The van der Waals surface area contributed by atoms with Crippen LogP contribution in [0.3, 0.4) is 0 Å². The monoisotopic (exact) mass is 211 g/mol. The van der Waals surface area contributed by atoms with Gasteiger partial charge in [-0.25, -0.2) is 0 Å². The average molecular weight is 211 g/mol. The lowest BCUT2D eigenvalue weighted by atomic mass is 10.1. The normalized spacial score (nSPS) is 26.7. The van der Waals surface area contributed by atoms with E-state index >= 15 is 0 Å². The number of nitrogens with one attached hydrogen (secondary N) is 2. The summed E-state index contributed by atoms with van der Waals surface area (Å²) in [6.45, 7) is 4.92. The van der Waals surface area contributed by atoms with Gasteiger partial charge in [0.15, 0.2) is 5.96 Å². The van der Waals surface area contributed by atoms with E-state index < -0.39 is 0 Å². The Hall–Kier alpha value is -0.770. The maximum atomic E-state index is 5.35. The SMILES string of the molecule is C1CCNC(NCC[C@H]2CCOC2)=NC1. The molecular formula is C11H21N3O. The van der Waals surface area contributed by atoms with Gasteiger partial charge in [0.1, 0.15) is 0 Å². The fourth-order valence-corrected chi connectivity index (χ4v) is 2.01. The Kier molecular flexibility index (Phi) is 4.26. The predicted molar refractivity (Wildman–Crippen MR) is 61.1 cm³/mol. The molecule has 2 N–H and O–H groups in total. The minimum Gasteiger partial charge on any atom is -0.381 e. The quantitative estimate of drug-likeness (QED) is 0.724. The van der Waals surface area contributed by atoms with Crippen LogP contribution >= 0.6 is 0 Å². The van der Waals surface area contributed by atoms with Crippen LogP contribution in [0.25, 0.3) is 0 Å². The molecule has 1 atom stereocenters. The second kappa shape index (κ2) is 5.95. The Morgan fingerprint density at radius 2 is 2.47 bits per heavy atom. The van der Waals surface area contributed by atoms with E-state index in [4.69, 9.17) is 4.74 Å². The van der Waals surface area contributed by atoms with E-state index in [1.54, 1.807) is 0 Å². The van der Waals surface area contributed by atoms with E-state index in [9.17, 15) is 0 Å². The van der Waals surface area contributed by atoms with Gasteiger partial charge < -0.3 is 15.4 Å². The third kappa shape index (κ3) is 3.70. The molecule has 0 aromatic rings. The van der Waals surface area contributed by atoms with Gasteiger partial charge in [0.05, 0.1) is 0 Å². The van der Waals surface area contributed by atoms with Crippen molar-refractivity contribution in [2.24, 2.45) is 10.9 Å². The number of hydrogen-bond acceptors (Lipinski definition) is 4. The van der Waals surface area contributed by atoms with Gasteiger partial charge in [-0.1, -0.05) is 0 Å². The van der Waals surface area contributed by atoms with Crippen LogP contribution in [0, 0.1) is 5.92 Å². The Morgan fingerprint density at radius 1 is 1.47 bits per heavy atom. The predicted octanol–water partition coefficient (Wildman–Crippen LogP) is 0.742. The lowest BCUT2D eigenvalue weighted by Gasteiger charge is -2.11. The molecule has 2 heterocycles. The van der Waals surface area contributed by atoms with Crippen LogP contribution in [-0.4, -0.2) is 38.8 Å². The second-order valence-corrected chi connectivity index (χ2v) is 4.31. The van der Waals surface area contributed by atoms with Gasteiger partial charge >= 0.3 is 0 Å². The van der Waals surface area contributed by atoms with Crippen molar-refractivity contribution in [3.8, 4) is 0 Å². The minimum atomic E-state index is 0.754. The molecule has 1 saturated heterocycles. The van der Waals surface area contributed by atoms with Crippen molar-refractivity contribution in [3.63, 3.8) is 0 Å². The molecule has 0 saturated carbocycles. The summed E-state index contributed by atoms with van der Waals surface area (Å²) in [5, 5.41) is 6.69. The lowest BCUT2D eigenvalue weighted by Crippen LogP contribution is -2.38. The van der Waals surface area contributed by atoms with Crippen LogP contribution in [0.4, 0.5) is 0 Å². The Morgan fingerprint density at radius 3 is 3.33 bits per heavy atom. The van der Waals surface area contributed by atoms with Crippen molar-refractivity contribution in [3.05, 3.63) is 0 Å². The molecule has 1 fully saturated rings. The Labute approximate surface area is 91.5 Å². The fraction of sp³-hybridized carbons (Fsp3) is 0.909. The van der Waals surface area contributed by atoms with Crippen molar-refractivity contribution in [1.29, 1.82) is 0 Å². The third-order valence-corrected chi connectivity index (χ3v) is 3.02. The smallest absolute Gasteiger partial charge is 0.191 e. The molecule has 0 bridgehead atoms. The van der Waals surface area contributed by atoms with Gasteiger partial charge in [-0.3, -0.25) is 4.99 Å². The third-order valence-electron chi connectivity index (χ3n) is 3.02. The molecule has 15 heavy (non-hydrogen) atoms. The molecule has 0 aromatic carbocycles. The highest BCUT2D eigenvalue weighted by molar-refractivity contribution is 5.79. The summed E-state index contributed by atoms with van der Waals surface area (Å²) in [5.74, 6) is 1.75. The summed E-state index contributed by atoms with van der Waals surface area (Å²) < 4.78 is 5.35. The average Bonchev–Trinajstić information content (AvgIpc) is 2.62. The summed E-state index contributed by atoms with van der Waals surface area (Å²) in [4.78, 5) is 4.45. The zero-order valence-electron chi connectivity index (χ0n) is 9.30. The van der Waals surface area contributed by atoms with Crippen molar-refractivity contribution >= 4 is 5.96 Å². The molecule has 2 aliphatic rings. The van der Waals surface area contributed by atoms with E-state index in [0.717, 1.165) is 44.7 Å². The molecule has 2 rings (SSSR count). The Balaban J connectivity index is 1.61. The van der Waals surface area contributed by atoms with Gasteiger partial charge in [0.2, 0.25) is 0 Å². The van der Waals surface area contributed by atoms with E-state index in [1.165, 1.54) is 25.7 Å². The van der Waals surface area contributed by atoms with E-state index in [0.29, 0.717) is 0 Å². The Bertz CT molecular complexity index is 212. The molecule has 0 radical (unpaired) electrons. The summed E-state index contributed by atoms with van der Waals surface area (Å²) >= 11 is 0. The van der Waals surface area contributed by atoms with E-state index in [-0.39, 0.29) is 0 Å². The van der Waals surface area contributed by atoms with Crippen LogP contribution in [0.2, 0.25) is 0 Å². The van der Waals surface area contributed by atoms with Gasteiger partial charge in [-0.15, -0.1) is 0 Å². The largest absolute Gasteiger partial charge is 0.381 e. The molecule has 2 aliphatic heterocycles.